The van der Waals surface area contributed by atoms with Crippen LogP contribution in [0, 0.1) is 0 Å². The predicted octanol–water partition coefficient (Wildman–Crippen LogP) is 10.2. The van der Waals surface area contributed by atoms with Crippen molar-refractivity contribution >= 4 is 37.2 Å². The van der Waals surface area contributed by atoms with Crippen LogP contribution in [0.25, 0.3) is 82.4 Å². The molecular weight excluding hydrogens is 583 g/mol. The van der Waals surface area contributed by atoms with Crippen molar-refractivity contribution in [2.45, 2.75) is 0 Å². The molecule has 5 nitrogen and oxygen atoms in total. The SMILES string of the molecule is c1ccc(-c2nc(-c3cccc(-c4cccc(-c5cn6ccccc6n5)c4)c3)nc(-c3ccc4sc5ccccc5c4c3)n2)cc1. The van der Waals surface area contributed by atoms with Gasteiger partial charge >= 0.3 is 0 Å². The van der Waals surface area contributed by atoms with E-state index < -0.39 is 0 Å². The zero-order chi connectivity index (χ0) is 30.5. The molecule has 5 aromatic carbocycles. The van der Waals surface area contributed by atoms with Gasteiger partial charge in [0.2, 0.25) is 0 Å². The minimum atomic E-state index is 0.637. The summed E-state index contributed by atoms with van der Waals surface area (Å²) in [6, 6.07) is 48.1. The lowest BCUT2D eigenvalue weighted by Gasteiger charge is -2.10. The topological polar surface area (TPSA) is 56.0 Å². The molecule has 46 heavy (non-hydrogen) atoms. The van der Waals surface area contributed by atoms with Crippen molar-refractivity contribution in [1.29, 1.82) is 0 Å². The van der Waals surface area contributed by atoms with E-state index in [1.165, 1.54) is 20.2 Å². The summed E-state index contributed by atoms with van der Waals surface area (Å²) in [5.74, 6) is 1.94. The van der Waals surface area contributed by atoms with Crippen molar-refractivity contribution in [3.63, 3.8) is 0 Å². The molecule has 0 fully saturated rings. The van der Waals surface area contributed by atoms with Gasteiger partial charge in [0.25, 0.3) is 0 Å². The highest BCUT2D eigenvalue weighted by molar-refractivity contribution is 7.25. The molecule has 0 aliphatic carbocycles. The van der Waals surface area contributed by atoms with Gasteiger partial charge in [0.15, 0.2) is 17.5 Å². The first-order valence-electron chi connectivity index (χ1n) is 15.1. The summed E-state index contributed by atoms with van der Waals surface area (Å²) in [5, 5.41) is 2.47. The van der Waals surface area contributed by atoms with Crippen LogP contribution in [0.3, 0.4) is 0 Å². The van der Waals surface area contributed by atoms with Gasteiger partial charge in [0.05, 0.1) is 5.69 Å². The number of hydrogen-bond acceptors (Lipinski definition) is 5. The van der Waals surface area contributed by atoms with Gasteiger partial charge in [-0.25, -0.2) is 19.9 Å². The normalized spacial score (nSPS) is 11.5. The van der Waals surface area contributed by atoms with E-state index in [0.29, 0.717) is 17.5 Å². The van der Waals surface area contributed by atoms with E-state index in [-0.39, 0.29) is 0 Å². The van der Waals surface area contributed by atoms with Gasteiger partial charge in [-0.15, -0.1) is 11.3 Å². The highest BCUT2D eigenvalue weighted by Crippen LogP contribution is 2.36. The lowest BCUT2D eigenvalue weighted by Crippen LogP contribution is -2.00. The van der Waals surface area contributed by atoms with Crippen LogP contribution in [0.1, 0.15) is 0 Å². The molecule has 4 aromatic heterocycles. The van der Waals surface area contributed by atoms with Crippen molar-refractivity contribution in [1.82, 2.24) is 24.3 Å². The number of hydrogen-bond donors (Lipinski definition) is 0. The Kier molecular flexibility index (Phi) is 6.25. The highest BCUT2D eigenvalue weighted by Gasteiger charge is 2.15. The van der Waals surface area contributed by atoms with Gasteiger partial charge in [-0.05, 0) is 59.7 Å². The first kappa shape index (κ1) is 26.4. The lowest BCUT2D eigenvalue weighted by atomic mass is 10.00. The van der Waals surface area contributed by atoms with E-state index >= 15 is 0 Å². The number of pyridine rings is 1. The molecule has 0 radical (unpaired) electrons. The molecule has 216 valence electrons. The van der Waals surface area contributed by atoms with Crippen molar-refractivity contribution < 1.29 is 0 Å². The Morgan fingerprint density at radius 2 is 1.02 bits per heavy atom. The van der Waals surface area contributed by atoms with E-state index in [0.717, 1.165) is 44.7 Å². The van der Waals surface area contributed by atoms with Gasteiger partial charge in [-0.1, -0.05) is 91.0 Å². The Morgan fingerprint density at radius 3 is 1.83 bits per heavy atom. The van der Waals surface area contributed by atoms with Crippen LogP contribution in [-0.4, -0.2) is 24.3 Å². The third-order valence-corrected chi connectivity index (χ3v) is 9.43. The second-order valence-corrected chi connectivity index (χ2v) is 12.3. The number of nitrogens with zero attached hydrogens (tertiary/aromatic N) is 5. The third-order valence-electron chi connectivity index (χ3n) is 8.28. The van der Waals surface area contributed by atoms with Crippen LogP contribution in [0.4, 0.5) is 0 Å². The van der Waals surface area contributed by atoms with E-state index in [1.807, 2.05) is 70.5 Å². The molecule has 6 heteroatoms. The molecule has 0 saturated carbocycles. The highest BCUT2D eigenvalue weighted by atomic mass is 32.1. The summed E-state index contributed by atoms with van der Waals surface area (Å²) >= 11 is 1.81. The van der Waals surface area contributed by atoms with E-state index in [9.17, 15) is 0 Å². The second kappa shape index (κ2) is 10.9. The molecular formula is C40H25N5S. The third kappa shape index (κ3) is 4.72. The Labute approximate surface area is 269 Å². The van der Waals surface area contributed by atoms with Crippen LogP contribution in [0.5, 0.6) is 0 Å². The monoisotopic (exact) mass is 607 g/mol. The number of thiophene rings is 1. The zero-order valence-electron chi connectivity index (χ0n) is 24.6. The molecule has 0 N–H and O–H groups in total. The van der Waals surface area contributed by atoms with Gasteiger partial charge in [-0.3, -0.25) is 0 Å². The number of benzene rings is 5. The standard InChI is InChI=1S/C40H25N5S/c1-2-10-26(11-3-1)38-42-39(44-40(43-38)31-19-20-36-33(24-31)32-16-4-5-17-35(32)46-36)30-15-9-13-28(23-30)27-12-8-14-29(22-27)34-25-45-21-7-6-18-37(45)41-34/h1-25H. The van der Waals surface area contributed by atoms with Crippen LogP contribution in [-0.2, 0) is 0 Å². The Balaban J connectivity index is 1.15. The summed E-state index contributed by atoms with van der Waals surface area (Å²) < 4.78 is 4.57. The number of rotatable bonds is 5. The first-order valence-corrected chi connectivity index (χ1v) is 15.9. The minimum absolute atomic E-state index is 0.637. The van der Waals surface area contributed by atoms with E-state index in [4.69, 9.17) is 19.9 Å². The maximum absolute atomic E-state index is 5.06. The Bertz CT molecular complexity index is 2520. The average molecular weight is 608 g/mol. The predicted molar refractivity (Wildman–Crippen MR) is 189 cm³/mol. The molecule has 0 spiro atoms. The summed E-state index contributed by atoms with van der Waals surface area (Å²) in [6.45, 7) is 0. The lowest BCUT2D eigenvalue weighted by molar-refractivity contribution is 1.07. The number of fused-ring (bicyclic) bond motifs is 4. The molecule has 9 rings (SSSR count). The summed E-state index contributed by atoms with van der Waals surface area (Å²) in [4.78, 5) is 19.9. The minimum Gasteiger partial charge on any atom is -0.306 e. The Hall–Kier alpha value is -5.98. The molecule has 0 unspecified atom stereocenters. The molecule has 4 heterocycles. The summed E-state index contributed by atoms with van der Waals surface area (Å²) in [5.41, 5.74) is 7.96. The van der Waals surface area contributed by atoms with Crippen molar-refractivity contribution in [2.24, 2.45) is 0 Å². The zero-order valence-corrected chi connectivity index (χ0v) is 25.4. The van der Waals surface area contributed by atoms with Crippen LogP contribution in [0.2, 0.25) is 0 Å². The van der Waals surface area contributed by atoms with Crippen molar-refractivity contribution in [3.05, 3.63) is 152 Å². The summed E-state index contributed by atoms with van der Waals surface area (Å²) in [7, 11) is 0. The van der Waals surface area contributed by atoms with E-state index in [1.54, 1.807) is 0 Å². The molecule has 0 saturated heterocycles. The fourth-order valence-electron chi connectivity index (χ4n) is 5.99. The van der Waals surface area contributed by atoms with Gasteiger partial charge < -0.3 is 4.40 Å². The van der Waals surface area contributed by atoms with Crippen molar-refractivity contribution in [2.75, 3.05) is 0 Å². The molecule has 0 bridgehead atoms. The van der Waals surface area contributed by atoms with Crippen LogP contribution in [0.15, 0.2) is 152 Å². The molecule has 0 amide bonds. The van der Waals surface area contributed by atoms with Crippen LogP contribution < -0.4 is 0 Å². The van der Waals surface area contributed by atoms with Gasteiger partial charge in [0.1, 0.15) is 5.65 Å². The van der Waals surface area contributed by atoms with Gasteiger partial charge in [0, 0.05) is 54.8 Å². The smallest absolute Gasteiger partial charge is 0.164 e. The van der Waals surface area contributed by atoms with Crippen molar-refractivity contribution in [3.8, 4) is 56.5 Å². The van der Waals surface area contributed by atoms with Crippen LogP contribution >= 0.6 is 11.3 Å². The Morgan fingerprint density at radius 1 is 0.413 bits per heavy atom. The summed E-state index contributed by atoms with van der Waals surface area (Å²) in [6.07, 6.45) is 4.09. The first-order chi connectivity index (χ1) is 22.7. The maximum Gasteiger partial charge on any atom is 0.164 e. The molecule has 0 aliphatic heterocycles. The number of imidazole rings is 1. The molecule has 0 atom stereocenters. The fourth-order valence-corrected chi connectivity index (χ4v) is 7.07. The quantitative estimate of drug-likeness (QED) is 0.195. The van der Waals surface area contributed by atoms with Gasteiger partial charge in [-0.2, -0.15) is 0 Å². The van der Waals surface area contributed by atoms with E-state index in [2.05, 4.69) is 97.2 Å². The fraction of sp³-hybridized carbons (Fsp3) is 0. The molecule has 9 aromatic rings. The average Bonchev–Trinajstić information content (AvgIpc) is 3.74. The number of aromatic nitrogens is 5. The maximum atomic E-state index is 5.06. The largest absolute Gasteiger partial charge is 0.306 e. The second-order valence-electron chi connectivity index (χ2n) is 11.2. The molecule has 0 aliphatic rings.